The molecule has 0 bridgehead atoms. The number of hydrogen-bond donors (Lipinski definition) is 1. The number of anilines is 1. The Hall–Kier alpha value is -1.76. The Morgan fingerprint density at radius 1 is 1.33 bits per heavy atom. The lowest BCUT2D eigenvalue weighted by molar-refractivity contribution is 0.331. The molecule has 6 nitrogen and oxygen atoms in total. The van der Waals surface area contributed by atoms with E-state index in [1.807, 2.05) is 20.8 Å². The summed E-state index contributed by atoms with van der Waals surface area (Å²) in [5.74, 6) is 0.758. The lowest BCUT2D eigenvalue weighted by Gasteiger charge is -2.12. The van der Waals surface area contributed by atoms with Crippen molar-refractivity contribution in [2.24, 2.45) is 0 Å². The molecule has 7 heteroatoms. The van der Waals surface area contributed by atoms with Crippen LogP contribution in [0.15, 0.2) is 38.5 Å². The molecule has 0 fully saturated rings. The molecule has 2 aromatic heterocycles. The zero-order valence-electron chi connectivity index (χ0n) is 10.3. The number of nitrogens with one attached hydrogen (secondary N) is 1. The standard InChI is InChI=1S/C11H14N2O4S/c1-11(2,3)9-6-10(12-17-9)13-18(14,15)8-4-5-16-7-8/h4-7H,1-3H3,(H,12,13). The maximum atomic E-state index is 11.9. The monoisotopic (exact) mass is 270 g/mol. The maximum absolute atomic E-state index is 11.9. The van der Waals surface area contributed by atoms with Crippen molar-refractivity contribution in [3.05, 3.63) is 30.4 Å². The van der Waals surface area contributed by atoms with Crippen molar-refractivity contribution in [3.8, 4) is 0 Å². The zero-order valence-corrected chi connectivity index (χ0v) is 11.1. The molecule has 0 aromatic carbocycles. The predicted molar refractivity (Wildman–Crippen MR) is 64.7 cm³/mol. The first-order valence-electron chi connectivity index (χ1n) is 5.31. The third-order valence-corrected chi connectivity index (χ3v) is 3.62. The van der Waals surface area contributed by atoms with E-state index in [1.165, 1.54) is 12.3 Å². The molecule has 0 saturated heterocycles. The van der Waals surface area contributed by atoms with Gasteiger partial charge in [-0.3, -0.25) is 4.72 Å². The Balaban J connectivity index is 2.23. The topological polar surface area (TPSA) is 85.3 Å². The molecule has 2 aromatic rings. The molecule has 0 radical (unpaired) electrons. The van der Waals surface area contributed by atoms with Crippen LogP contribution < -0.4 is 4.72 Å². The largest absolute Gasteiger partial charge is 0.471 e. The van der Waals surface area contributed by atoms with E-state index in [1.54, 1.807) is 6.07 Å². The zero-order chi connectivity index (χ0) is 13.4. The summed E-state index contributed by atoms with van der Waals surface area (Å²) in [6.07, 6.45) is 2.44. The molecule has 98 valence electrons. The first-order valence-corrected chi connectivity index (χ1v) is 6.79. The second kappa shape index (κ2) is 4.16. The SMILES string of the molecule is CC(C)(C)c1cc(NS(=O)(=O)c2ccoc2)no1. The van der Waals surface area contributed by atoms with Gasteiger partial charge in [0, 0.05) is 11.5 Å². The van der Waals surface area contributed by atoms with Crippen LogP contribution >= 0.6 is 0 Å². The van der Waals surface area contributed by atoms with E-state index in [0.717, 1.165) is 6.26 Å². The van der Waals surface area contributed by atoms with Crippen LogP contribution in [-0.2, 0) is 15.4 Å². The summed E-state index contributed by atoms with van der Waals surface area (Å²) in [4.78, 5) is 0.0443. The quantitative estimate of drug-likeness (QED) is 0.925. The number of furan rings is 1. The fourth-order valence-electron chi connectivity index (χ4n) is 1.28. The number of sulfonamides is 1. The molecule has 0 amide bonds. The van der Waals surface area contributed by atoms with Gasteiger partial charge >= 0.3 is 0 Å². The van der Waals surface area contributed by atoms with Gasteiger partial charge in [-0.25, -0.2) is 8.42 Å². The Kier molecular flexibility index (Phi) is 2.94. The molecule has 0 aliphatic carbocycles. The molecule has 18 heavy (non-hydrogen) atoms. The van der Waals surface area contributed by atoms with Crippen LogP contribution in [0.5, 0.6) is 0 Å². The molecule has 1 N–H and O–H groups in total. The minimum Gasteiger partial charge on any atom is -0.471 e. The van der Waals surface area contributed by atoms with E-state index in [0.29, 0.717) is 5.76 Å². The highest BCUT2D eigenvalue weighted by Crippen LogP contribution is 2.25. The number of hydrogen-bond acceptors (Lipinski definition) is 5. The van der Waals surface area contributed by atoms with Gasteiger partial charge < -0.3 is 8.94 Å². The van der Waals surface area contributed by atoms with Crippen LogP contribution in [0, 0.1) is 0 Å². The van der Waals surface area contributed by atoms with Crippen molar-refractivity contribution in [1.82, 2.24) is 5.16 Å². The molecule has 2 rings (SSSR count). The van der Waals surface area contributed by atoms with Crippen LogP contribution in [0.25, 0.3) is 0 Å². The van der Waals surface area contributed by atoms with Gasteiger partial charge in [0.1, 0.15) is 16.9 Å². The second-order valence-corrected chi connectivity index (χ2v) is 6.57. The number of rotatable bonds is 3. The summed E-state index contributed by atoms with van der Waals surface area (Å²) in [5.41, 5.74) is -0.230. The van der Waals surface area contributed by atoms with Crippen molar-refractivity contribution < 1.29 is 17.4 Å². The maximum Gasteiger partial charge on any atom is 0.266 e. The van der Waals surface area contributed by atoms with Gasteiger partial charge in [0.25, 0.3) is 10.0 Å². The van der Waals surface area contributed by atoms with Gasteiger partial charge in [-0.2, -0.15) is 0 Å². The van der Waals surface area contributed by atoms with Crippen molar-refractivity contribution in [1.29, 1.82) is 0 Å². The minimum absolute atomic E-state index is 0.0443. The van der Waals surface area contributed by atoms with Gasteiger partial charge in [0.15, 0.2) is 5.82 Å². The highest BCUT2D eigenvalue weighted by Gasteiger charge is 2.22. The third kappa shape index (κ3) is 2.56. The smallest absolute Gasteiger partial charge is 0.266 e. The van der Waals surface area contributed by atoms with Crippen molar-refractivity contribution in [2.75, 3.05) is 4.72 Å². The molecule has 0 unspecified atom stereocenters. The van der Waals surface area contributed by atoms with E-state index in [2.05, 4.69) is 9.88 Å². The molecule has 0 aliphatic rings. The van der Waals surface area contributed by atoms with Gasteiger partial charge in [-0.1, -0.05) is 25.9 Å². The van der Waals surface area contributed by atoms with Crippen molar-refractivity contribution >= 4 is 15.8 Å². The number of nitrogens with zero attached hydrogens (tertiary/aromatic N) is 1. The van der Waals surface area contributed by atoms with Gasteiger partial charge in [0.05, 0.1) is 6.26 Å². The predicted octanol–water partition coefficient (Wildman–Crippen LogP) is 2.37. The van der Waals surface area contributed by atoms with Gasteiger partial charge in [-0.15, -0.1) is 0 Å². The lowest BCUT2D eigenvalue weighted by atomic mass is 9.93. The molecule has 0 aliphatic heterocycles. The van der Waals surface area contributed by atoms with Crippen molar-refractivity contribution in [3.63, 3.8) is 0 Å². The van der Waals surface area contributed by atoms with Gasteiger partial charge in [0.2, 0.25) is 0 Å². The van der Waals surface area contributed by atoms with Gasteiger partial charge in [-0.05, 0) is 6.07 Å². The van der Waals surface area contributed by atoms with E-state index in [9.17, 15) is 8.42 Å². The molecule has 2 heterocycles. The Morgan fingerprint density at radius 2 is 2.06 bits per heavy atom. The first kappa shape index (κ1) is 12.7. The Labute approximate surface area is 105 Å². The van der Waals surface area contributed by atoms with Crippen LogP contribution in [0.1, 0.15) is 26.5 Å². The summed E-state index contributed by atoms with van der Waals surface area (Å²) < 4.78 is 35.9. The normalized spacial score (nSPS) is 12.6. The highest BCUT2D eigenvalue weighted by atomic mass is 32.2. The van der Waals surface area contributed by atoms with Crippen LogP contribution in [0.3, 0.4) is 0 Å². The summed E-state index contributed by atoms with van der Waals surface area (Å²) in [6.45, 7) is 5.84. The van der Waals surface area contributed by atoms with E-state index in [4.69, 9.17) is 8.94 Å². The molecular formula is C11H14N2O4S. The fraction of sp³-hybridized carbons (Fsp3) is 0.364. The molecule has 0 saturated carbocycles. The average molecular weight is 270 g/mol. The highest BCUT2D eigenvalue weighted by molar-refractivity contribution is 7.92. The minimum atomic E-state index is -3.67. The average Bonchev–Trinajstić information content (AvgIpc) is 2.83. The molecule has 0 spiro atoms. The number of aromatic nitrogens is 1. The van der Waals surface area contributed by atoms with Crippen LogP contribution in [0.4, 0.5) is 5.82 Å². The fourth-order valence-corrected chi connectivity index (χ4v) is 2.18. The van der Waals surface area contributed by atoms with E-state index in [-0.39, 0.29) is 16.1 Å². The summed E-state index contributed by atoms with van der Waals surface area (Å²) in [7, 11) is -3.67. The van der Waals surface area contributed by atoms with Crippen molar-refractivity contribution in [2.45, 2.75) is 31.1 Å². The molecule has 0 atom stereocenters. The van der Waals surface area contributed by atoms with E-state index >= 15 is 0 Å². The Bertz CT molecular complexity index is 620. The third-order valence-electron chi connectivity index (χ3n) is 2.29. The van der Waals surface area contributed by atoms with Crippen LogP contribution in [-0.4, -0.2) is 13.6 Å². The summed E-state index contributed by atoms with van der Waals surface area (Å²) >= 11 is 0. The molecular weight excluding hydrogens is 256 g/mol. The summed E-state index contributed by atoms with van der Waals surface area (Å²) in [6, 6.07) is 2.92. The summed E-state index contributed by atoms with van der Waals surface area (Å²) in [5, 5.41) is 3.68. The second-order valence-electron chi connectivity index (χ2n) is 4.89. The lowest BCUT2D eigenvalue weighted by Crippen LogP contribution is -2.12. The van der Waals surface area contributed by atoms with E-state index < -0.39 is 10.0 Å². The Morgan fingerprint density at radius 3 is 2.56 bits per heavy atom. The van der Waals surface area contributed by atoms with Crippen LogP contribution in [0.2, 0.25) is 0 Å². The first-order chi connectivity index (χ1) is 8.29.